The van der Waals surface area contributed by atoms with Crippen LogP contribution in [0.1, 0.15) is 19.4 Å². The van der Waals surface area contributed by atoms with Gasteiger partial charge in [0.1, 0.15) is 11.5 Å². The first kappa shape index (κ1) is 17.9. The molecule has 0 aliphatic rings. The van der Waals surface area contributed by atoms with Gasteiger partial charge in [0.25, 0.3) is 0 Å². The van der Waals surface area contributed by atoms with Gasteiger partial charge in [-0.15, -0.1) is 0 Å². The van der Waals surface area contributed by atoms with Gasteiger partial charge in [0.2, 0.25) is 4.77 Å². The Morgan fingerprint density at radius 2 is 1.92 bits per heavy atom. The number of aromatic amines is 1. The van der Waals surface area contributed by atoms with Crippen LogP contribution in [0, 0.1) is 4.77 Å². The molecule has 0 radical (unpaired) electrons. The van der Waals surface area contributed by atoms with E-state index >= 15 is 0 Å². The number of ether oxygens (including phenoxy) is 2. The van der Waals surface area contributed by atoms with Gasteiger partial charge in [-0.25, -0.2) is 5.10 Å². The zero-order valence-corrected chi connectivity index (χ0v) is 15.5. The molecule has 0 unspecified atom stereocenters. The minimum absolute atomic E-state index is 0.406. The van der Waals surface area contributed by atoms with Gasteiger partial charge in [-0.2, -0.15) is 14.9 Å². The number of H-pyrrole nitrogens is 1. The maximum atomic E-state index is 5.69. The minimum atomic E-state index is 0.406. The third-order valence-electron chi connectivity index (χ3n) is 3.57. The third-order valence-corrected chi connectivity index (χ3v) is 3.83. The van der Waals surface area contributed by atoms with Gasteiger partial charge >= 0.3 is 0 Å². The molecule has 3 rings (SSSR count). The summed E-state index contributed by atoms with van der Waals surface area (Å²) in [6.07, 6.45) is 1.72. The van der Waals surface area contributed by atoms with E-state index in [1.54, 1.807) is 10.9 Å². The largest absolute Gasteiger partial charge is 0.494 e. The fraction of sp³-hybridized carbons (Fsp3) is 0.211. The van der Waals surface area contributed by atoms with Crippen LogP contribution in [-0.4, -0.2) is 34.3 Å². The Bertz CT molecular complexity index is 962. The van der Waals surface area contributed by atoms with Gasteiger partial charge in [-0.05, 0) is 55.9 Å². The van der Waals surface area contributed by atoms with E-state index < -0.39 is 0 Å². The monoisotopic (exact) mass is 368 g/mol. The summed E-state index contributed by atoms with van der Waals surface area (Å²) >= 11 is 5.33. The van der Waals surface area contributed by atoms with Crippen molar-refractivity contribution < 1.29 is 9.47 Å². The van der Waals surface area contributed by atoms with Crippen molar-refractivity contribution in [2.24, 2.45) is 5.10 Å². The highest BCUT2D eigenvalue weighted by Gasteiger charge is 2.13. The summed E-state index contributed by atoms with van der Waals surface area (Å²) < 4.78 is 13.2. The van der Waals surface area contributed by atoms with Crippen molar-refractivity contribution in [2.45, 2.75) is 13.8 Å². The summed E-state index contributed by atoms with van der Waals surface area (Å²) in [6.45, 7) is 5.08. The molecule has 1 heterocycles. The van der Waals surface area contributed by atoms with Crippen LogP contribution < -0.4 is 9.47 Å². The molecule has 0 saturated heterocycles. The molecule has 0 atom stereocenters. The lowest BCUT2D eigenvalue weighted by Gasteiger charge is -2.08. The molecule has 6 nitrogen and oxygen atoms in total. The van der Waals surface area contributed by atoms with Gasteiger partial charge in [0, 0.05) is 0 Å². The van der Waals surface area contributed by atoms with Crippen molar-refractivity contribution in [3.05, 3.63) is 58.9 Å². The van der Waals surface area contributed by atoms with Crippen molar-refractivity contribution in [1.29, 1.82) is 0 Å². The molecule has 134 valence electrons. The molecule has 0 aliphatic carbocycles. The molecule has 1 N–H and O–H groups in total. The lowest BCUT2D eigenvalue weighted by Crippen LogP contribution is -1.99. The number of aromatic nitrogens is 3. The molecule has 0 spiro atoms. The average molecular weight is 368 g/mol. The molecule has 0 fully saturated rings. The number of para-hydroxylation sites is 1. The Kier molecular flexibility index (Phi) is 5.80. The first-order valence-electron chi connectivity index (χ1n) is 8.39. The van der Waals surface area contributed by atoms with E-state index in [1.807, 2.05) is 62.4 Å². The second kappa shape index (κ2) is 8.44. The number of nitrogens with one attached hydrogen (secondary N) is 1. The maximum Gasteiger partial charge on any atom is 0.216 e. The Balaban J connectivity index is 1.97. The van der Waals surface area contributed by atoms with Crippen LogP contribution in [0.3, 0.4) is 0 Å². The molecule has 3 aromatic rings. The highest BCUT2D eigenvalue weighted by Crippen LogP contribution is 2.28. The van der Waals surface area contributed by atoms with Crippen LogP contribution in [0.2, 0.25) is 0 Å². The highest BCUT2D eigenvalue weighted by molar-refractivity contribution is 7.71. The Hall–Kier alpha value is -2.93. The number of benzene rings is 2. The van der Waals surface area contributed by atoms with E-state index in [0.717, 1.165) is 22.6 Å². The van der Waals surface area contributed by atoms with Gasteiger partial charge in [0.05, 0.1) is 25.0 Å². The van der Waals surface area contributed by atoms with Gasteiger partial charge in [-0.3, -0.25) is 0 Å². The van der Waals surface area contributed by atoms with Crippen molar-refractivity contribution in [2.75, 3.05) is 13.2 Å². The van der Waals surface area contributed by atoms with Gasteiger partial charge in [0.15, 0.2) is 5.82 Å². The van der Waals surface area contributed by atoms with Gasteiger partial charge in [-0.1, -0.05) is 24.3 Å². The molecule has 0 saturated carbocycles. The lowest BCUT2D eigenvalue weighted by molar-refractivity contribution is 0.340. The summed E-state index contributed by atoms with van der Waals surface area (Å²) in [5, 5.41) is 11.6. The zero-order valence-electron chi connectivity index (χ0n) is 14.7. The van der Waals surface area contributed by atoms with E-state index in [2.05, 4.69) is 15.3 Å². The molecule has 2 aromatic carbocycles. The van der Waals surface area contributed by atoms with Crippen LogP contribution in [0.5, 0.6) is 11.5 Å². The SMILES string of the molecule is CCOc1cccc(/C=N\n2c(-c3ccccc3OCC)n[nH]c2=S)c1. The Morgan fingerprint density at radius 3 is 2.73 bits per heavy atom. The van der Waals surface area contributed by atoms with Crippen molar-refractivity contribution in [1.82, 2.24) is 14.9 Å². The van der Waals surface area contributed by atoms with Crippen LogP contribution in [0.15, 0.2) is 53.6 Å². The second-order valence-electron chi connectivity index (χ2n) is 5.34. The Morgan fingerprint density at radius 1 is 1.12 bits per heavy atom. The maximum absolute atomic E-state index is 5.69. The fourth-order valence-electron chi connectivity index (χ4n) is 2.48. The molecule has 7 heteroatoms. The lowest BCUT2D eigenvalue weighted by atomic mass is 10.2. The minimum Gasteiger partial charge on any atom is -0.494 e. The van der Waals surface area contributed by atoms with Gasteiger partial charge < -0.3 is 9.47 Å². The number of hydrogen-bond acceptors (Lipinski definition) is 5. The number of nitrogens with zero attached hydrogens (tertiary/aromatic N) is 3. The summed E-state index contributed by atoms with van der Waals surface area (Å²) in [5.74, 6) is 2.13. The molecule has 0 amide bonds. The third kappa shape index (κ3) is 4.00. The molecular formula is C19H20N4O2S. The predicted octanol–water partition coefficient (Wildman–Crippen LogP) is 4.29. The molecule has 1 aromatic heterocycles. The molecular weight excluding hydrogens is 348 g/mol. The predicted molar refractivity (Wildman–Crippen MR) is 105 cm³/mol. The van der Waals surface area contributed by atoms with Crippen LogP contribution in [0.4, 0.5) is 0 Å². The van der Waals surface area contributed by atoms with Crippen molar-refractivity contribution in [3.63, 3.8) is 0 Å². The van der Waals surface area contributed by atoms with E-state index in [4.69, 9.17) is 21.7 Å². The topological polar surface area (TPSA) is 64.4 Å². The Labute approximate surface area is 157 Å². The van der Waals surface area contributed by atoms with Crippen molar-refractivity contribution in [3.8, 4) is 22.9 Å². The highest BCUT2D eigenvalue weighted by atomic mass is 32.1. The van der Waals surface area contributed by atoms with E-state index in [-0.39, 0.29) is 0 Å². The average Bonchev–Trinajstić information content (AvgIpc) is 3.02. The summed E-state index contributed by atoms with van der Waals surface area (Å²) in [5.41, 5.74) is 1.73. The van der Waals surface area contributed by atoms with E-state index in [9.17, 15) is 0 Å². The number of hydrogen-bond donors (Lipinski definition) is 1. The second-order valence-corrected chi connectivity index (χ2v) is 5.73. The first-order valence-corrected chi connectivity index (χ1v) is 8.80. The summed E-state index contributed by atoms with van der Waals surface area (Å²) in [4.78, 5) is 0. The molecule has 0 bridgehead atoms. The first-order chi connectivity index (χ1) is 12.7. The van der Waals surface area contributed by atoms with Crippen molar-refractivity contribution >= 4 is 18.4 Å². The van der Waals surface area contributed by atoms with Crippen LogP contribution in [0.25, 0.3) is 11.4 Å². The van der Waals surface area contributed by atoms with E-state index in [1.165, 1.54) is 0 Å². The van der Waals surface area contributed by atoms with E-state index in [0.29, 0.717) is 23.8 Å². The standard InChI is InChI=1S/C19H20N4O2S/c1-3-24-15-9-7-8-14(12-15)13-20-23-18(21-22-19(23)26)16-10-5-6-11-17(16)25-4-2/h5-13H,3-4H2,1-2H3,(H,22,26)/b20-13-. The molecule has 0 aliphatic heterocycles. The van der Waals surface area contributed by atoms with Crippen LogP contribution in [-0.2, 0) is 0 Å². The fourth-order valence-corrected chi connectivity index (χ4v) is 2.66. The summed E-state index contributed by atoms with van der Waals surface area (Å²) in [7, 11) is 0. The number of rotatable bonds is 7. The normalized spacial score (nSPS) is 11.0. The molecule has 26 heavy (non-hydrogen) atoms. The zero-order chi connectivity index (χ0) is 18.4. The van der Waals surface area contributed by atoms with Crippen LogP contribution >= 0.6 is 12.2 Å². The smallest absolute Gasteiger partial charge is 0.216 e. The quantitative estimate of drug-likeness (QED) is 0.499. The summed E-state index contributed by atoms with van der Waals surface area (Å²) in [6, 6.07) is 15.4.